The Hall–Kier alpha value is -1.16. The first-order valence-electron chi connectivity index (χ1n) is 8.04. The molecule has 2 fully saturated rings. The quantitative estimate of drug-likeness (QED) is 0.553. The summed E-state index contributed by atoms with van der Waals surface area (Å²) in [5, 5.41) is 0. The number of quaternary nitrogens is 1. The van der Waals surface area contributed by atoms with E-state index in [9.17, 15) is 9.59 Å². The van der Waals surface area contributed by atoms with Crippen LogP contribution in [-0.4, -0.2) is 42.9 Å². The van der Waals surface area contributed by atoms with Gasteiger partial charge < -0.3 is 4.90 Å². The third kappa shape index (κ3) is 2.01. The number of hydrogen-bond acceptors (Lipinski definition) is 2. The molecule has 4 atom stereocenters. The molecule has 2 bridgehead atoms. The molecule has 2 amide bonds. The van der Waals surface area contributed by atoms with E-state index >= 15 is 0 Å². The zero-order chi connectivity index (χ0) is 14.3. The van der Waals surface area contributed by atoms with Gasteiger partial charge in [-0.05, 0) is 32.1 Å². The third-order valence-corrected chi connectivity index (χ3v) is 5.47. The Bertz CT molecular complexity index is 412. The Morgan fingerprint density at radius 2 is 1.65 bits per heavy atom. The summed E-state index contributed by atoms with van der Waals surface area (Å²) < 4.78 is 0. The molecule has 0 aromatic carbocycles. The number of rotatable bonds is 6. The topological polar surface area (TPSA) is 41.8 Å². The minimum Gasteiger partial charge on any atom is -0.335 e. The van der Waals surface area contributed by atoms with E-state index in [1.54, 1.807) is 4.90 Å². The lowest BCUT2D eigenvalue weighted by Crippen LogP contribution is -3.11. The van der Waals surface area contributed by atoms with E-state index in [4.69, 9.17) is 0 Å². The molecular weight excluding hydrogens is 252 g/mol. The number of likely N-dealkylation sites (tertiary alicyclic amines) is 1. The van der Waals surface area contributed by atoms with E-state index in [0.717, 1.165) is 32.5 Å². The molecule has 3 aliphatic rings. The Morgan fingerprint density at radius 3 is 2.15 bits per heavy atom. The number of nitrogens with one attached hydrogen (secondary N) is 1. The predicted molar refractivity (Wildman–Crippen MR) is 76.0 cm³/mol. The van der Waals surface area contributed by atoms with Crippen molar-refractivity contribution >= 4 is 11.8 Å². The molecule has 3 rings (SSSR count). The number of carbonyl (C=O) groups is 2. The van der Waals surface area contributed by atoms with Crippen molar-refractivity contribution in [2.75, 3.05) is 26.2 Å². The van der Waals surface area contributed by atoms with Crippen molar-refractivity contribution in [3.05, 3.63) is 12.2 Å². The summed E-state index contributed by atoms with van der Waals surface area (Å²) in [5.41, 5.74) is 0. The smallest absolute Gasteiger partial charge is 0.233 e. The number of imide groups is 1. The summed E-state index contributed by atoms with van der Waals surface area (Å²) in [4.78, 5) is 28.0. The monoisotopic (exact) mass is 277 g/mol. The first kappa shape index (κ1) is 13.8. The van der Waals surface area contributed by atoms with Crippen LogP contribution < -0.4 is 4.90 Å². The first-order valence-corrected chi connectivity index (χ1v) is 8.04. The molecular formula is C16H25N2O2+. The van der Waals surface area contributed by atoms with Gasteiger partial charge in [0.1, 0.15) is 0 Å². The predicted octanol–water partition coefficient (Wildman–Crippen LogP) is 0.108. The van der Waals surface area contributed by atoms with Gasteiger partial charge in [-0.3, -0.25) is 14.5 Å². The van der Waals surface area contributed by atoms with Gasteiger partial charge in [0.2, 0.25) is 11.8 Å². The molecule has 4 nitrogen and oxygen atoms in total. The van der Waals surface area contributed by atoms with E-state index in [2.05, 4.69) is 26.0 Å². The zero-order valence-electron chi connectivity index (χ0n) is 12.5. The van der Waals surface area contributed by atoms with Gasteiger partial charge in [-0.1, -0.05) is 12.2 Å². The van der Waals surface area contributed by atoms with Gasteiger partial charge in [0.05, 0.1) is 31.5 Å². The average molecular weight is 277 g/mol. The van der Waals surface area contributed by atoms with Gasteiger partial charge in [0.25, 0.3) is 0 Å². The highest BCUT2D eigenvalue weighted by Crippen LogP contribution is 2.52. The summed E-state index contributed by atoms with van der Waals surface area (Å²) in [6, 6.07) is 0. The molecule has 2 aliphatic carbocycles. The van der Waals surface area contributed by atoms with Gasteiger partial charge in [0, 0.05) is 13.0 Å². The molecule has 0 radical (unpaired) electrons. The second-order valence-electron chi connectivity index (χ2n) is 6.39. The standard InChI is InChI=1S/C16H24N2O2/c1-3-17(4-2)8-5-9-18-15(19)13-11-6-7-12(10-11)14(13)16(18)20/h6-7,11-14H,3-5,8-10H2,1-2H3/p+1/t11-,12+,13+,14-. The molecule has 1 heterocycles. The Balaban J connectivity index is 1.59. The minimum atomic E-state index is -0.0294. The lowest BCUT2D eigenvalue weighted by atomic mass is 9.85. The van der Waals surface area contributed by atoms with Gasteiger partial charge in [0.15, 0.2) is 0 Å². The van der Waals surface area contributed by atoms with Crippen LogP contribution in [0, 0.1) is 23.7 Å². The summed E-state index contributed by atoms with van der Waals surface area (Å²) in [6.45, 7) is 8.24. The number of nitrogens with zero attached hydrogens (tertiary/aromatic N) is 1. The van der Waals surface area contributed by atoms with Crippen molar-refractivity contribution in [3.8, 4) is 0 Å². The zero-order valence-corrected chi connectivity index (χ0v) is 12.5. The van der Waals surface area contributed by atoms with Crippen LogP contribution >= 0.6 is 0 Å². The molecule has 20 heavy (non-hydrogen) atoms. The van der Waals surface area contributed by atoms with Crippen molar-refractivity contribution in [2.24, 2.45) is 23.7 Å². The molecule has 0 spiro atoms. The molecule has 1 saturated carbocycles. The molecule has 1 aliphatic heterocycles. The van der Waals surface area contributed by atoms with Crippen LogP contribution in [0.4, 0.5) is 0 Å². The van der Waals surface area contributed by atoms with Crippen LogP contribution in [0.2, 0.25) is 0 Å². The second kappa shape index (κ2) is 5.32. The van der Waals surface area contributed by atoms with Crippen molar-refractivity contribution in [1.82, 2.24) is 4.90 Å². The summed E-state index contributed by atoms with van der Waals surface area (Å²) in [5.74, 6) is 0.814. The molecule has 1 saturated heterocycles. The van der Waals surface area contributed by atoms with Crippen LogP contribution in [0.5, 0.6) is 0 Å². The second-order valence-corrected chi connectivity index (χ2v) is 6.39. The number of fused-ring (bicyclic) bond motifs is 5. The van der Waals surface area contributed by atoms with Crippen LogP contribution in [0.1, 0.15) is 26.7 Å². The highest BCUT2D eigenvalue weighted by molar-refractivity contribution is 6.06. The lowest BCUT2D eigenvalue weighted by molar-refractivity contribution is -0.896. The van der Waals surface area contributed by atoms with Crippen molar-refractivity contribution in [1.29, 1.82) is 0 Å². The Kier molecular flexibility index (Phi) is 3.67. The SMILES string of the molecule is CC[NH+](CC)CCCN1C(=O)[C@@H]2[C@H](C1=O)[C@H]1C=C[C@@H]2C1. The Labute approximate surface area is 120 Å². The molecule has 1 N–H and O–H groups in total. The minimum absolute atomic E-state index is 0.0294. The highest BCUT2D eigenvalue weighted by atomic mass is 16.2. The highest BCUT2D eigenvalue weighted by Gasteiger charge is 2.58. The van der Waals surface area contributed by atoms with Gasteiger partial charge in [-0.25, -0.2) is 0 Å². The van der Waals surface area contributed by atoms with Gasteiger partial charge in [-0.2, -0.15) is 0 Å². The summed E-state index contributed by atoms with van der Waals surface area (Å²) in [6.07, 6.45) is 6.25. The van der Waals surface area contributed by atoms with E-state index in [1.165, 1.54) is 4.90 Å². The number of amides is 2. The third-order valence-electron chi connectivity index (χ3n) is 5.47. The van der Waals surface area contributed by atoms with Crippen LogP contribution in [0.15, 0.2) is 12.2 Å². The van der Waals surface area contributed by atoms with Crippen LogP contribution in [-0.2, 0) is 9.59 Å². The fourth-order valence-electron chi connectivity index (χ4n) is 4.28. The fourth-order valence-corrected chi connectivity index (χ4v) is 4.28. The van der Waals surface area contributed by atoms with Crippen LogP contribution in [0.3, 0.4) is 0 Å². The number of carbonyl (C=O) groups excluding carboxylic acids is 2. The van der Waals surface area contributed by atoms with E-state index in [0.29, 0.717) is 18.4 Å². The van der Waals surface area contributed by atoms with Crippen LogP contribution in [0.25, 0.3) is 0 Å². The molecule has 0 unspecified atom stereocenters. The van der Waals surface area contributed by atoms with E-state index in [-0.39, 0.29) is 23.7 Å². The molecule has 0 aromatic heterocycles. The maximum Gasteiger partial charge on any atom is 0.233 e. The molecule has 4 heteroatoms. The van der Waals surface area contributed by atoms with Crippen molar-refractivity contribution < 1.29 is 14.5 Å². The van der Waals surface area contributed by atoms with Gasteiger partial charge in [-0.15, -0.1) is 0 Å². The molecule has 110 valence electrons. The summed E-state index contributed by atoms with van der Waals surface area (Å²) >= 11 is 0. The van der Waals surface area contributed by atoms with Crippen molar-refractivity contribution in [2.45, 2.75) is 26.7 Å². The lowest BCUT2D eigenvalue weighted by Gasteiger charge is -2.19. The average Bonchev–Trinajstić information content (AvgIpc) is 3.12. The van der Waals surface area contributed by atoms with E-state index in [1.807, 2.05) is 0 Å². The normalized spacial score (nSPS) is 34.6. The fraction of sp³-hybridized carbons (Fsp3) is 0.750. The molecule has 0 aromatic rings. The van der Waals surface area contributed by atoms with Crippen molar-refractivity contribution in [3.63, 3.8) is 0 Å². The van der Waals surface area contributed by atoms with Gasteiger partial charge >= 0.3 is 0 Å². The first-order chi connectivity index (χ1) is 9.67. The van der Waals surface area contributed by atoms with E-state index < -0.39 is 0 Å². The maximum absolute atomic E-state index is 12.5. The number of allylic oxidation sites excluding steroid dienone is 2. The number of hydrogen-bond donors (Lipinski definition) is 1. The maximum atomic E-state index is 12.5. The Morgan fingerprint density at radius 1 is 1.10 bits per heavy atom. The summed E-state index contributed by atoms with van der Waals surface area (Å²) in [7, 11) is 0. The largest absolute Gasteiger partial charge is 0.335 e.